The van der Waals surface area contributed by atoms with Gasteiger partial charge in [0.25, 0.3) is 5.91 Å². The minimum absolute atomic E-state index is 0.0344. The maximum Gasteiger partial charge on any atom is 0.261 e. The maximum absolute atomic E-state index is 14.1. The molecule has 0 spiro atoms. The zero-order chi connectivity index (χ0) is 32.2. The number of carbonyl (C=O) groups excluding carboxylic acids is 1. The van der Waals surface area contributed by atoms with Crippen LogP contribution in [0.1, 0.15) is 56.8 Å². The SMILES string of the molecule is Cc1cnc(-c2c(CCc3ccc(F)cc3)nc3c(c2-c2ccc(C(=O)NCc4ccc(F)c(F)c4)s2)S(=O)(=O)N2CCC[C@H]32)o1. The summed E-state index contributed by atoms with van der Waals surface area (Å²) >= 11 is 1.10. The van der Waals surface area contributed by atoms with Crippen LogP contribution in [-0.4, -0.2) is 35.1 Å². The van der Waals surface area contributed by atoms with Crippen LogP contribution in [0.2, 0.25) is 0 Å². The van der Waals surface area contributed by atoms with Gasteiger partial charge in [0.05, 0.1) is 34.1 Å². The third-order valence-corrected chi connectivity index (χ3v) is 11.3. The van der Waals surface area contributed by atoms with Crippen molar-refractivity contribution < 1.29 is 30.8 Å². The number of thiophene rings is 1. The number of carbonyl (C=O) groups is 1. The zero-order valence-electron chi connectivity index (χ0n) is 24.5. The molecular formula is C33H27F3N4O4S2. The molecule has 2 aromatic carbocycles. The summed E-state index contributed by atoms with van der Waals surface area (Å²) in [4.78, 5) is 23.5. The summed E-state index contributed by atoms with van der Waals surface area (Å²) < 4.78 is 76.3. The van der Waals surface area contributed by atoms with Crippen molar-refractivity contribution in [2.24, 2.45) is 0 Å². The fourth-order valence-electron chi connectivity index (χ4n) is 6.09. The molecular weight excluding hydrogens is 638 g/mol. The fourth-order valence-corrected chi connectivity index (χ4v) is 9.19. The van der Waals surface area contributed by atoms with Gasteiger partial charge in [-0.3, -0.25) is 9.78 Å². The Morgan fingerprint density at radius 1 is 1.02 bits per heavy atom. The molecule has 1 amide bonds. The van der Waals surface area contributed by atoms with Gasteiger partial charge in [-0.05, 0) is 80.1 Å². The van der Waals surface area contributed by atoms with E-state index in [0.717, 1.165) is 29.0 Å². The average Bonchev–Trinajstić information content (AvgIpc) is 3.84. The first-order valence-electron chi connectivity index (χ1n) is 14.7. The Kier molecular flexibility index (Phi) is 7.78. The Morgan fingerprint density at radius 3 is 2.54 bits per heavy atom. The van der Waals surface area contributed by atoms with Crippen LogP contribution in [0.4, 0.5) is 13.2 Å². The van der Waals surface area contributed by atoms with Crippen LogP contribution < -0.4 is 5.32 Å². The van der Waals surface area contributed by atoms with Gasteiger partial charge in [0, 0.05) is 23.5 Å². The summed E-state index contributed by atoms with van der Waals surface area (Å²) in [6, 6.07) is 12.5. The van der Waals surface area contributed by atoms with Crippen LogP contribution in [-0.2, 0) is 29.4 Å². The standard InChI is InChI=1S/C33H27F3N4O4S2/c1-18-16-38-33(44-18)28-24(11-7-19-4-8-21(34)9-5-19)39-30-25-3-2-14-40(25)46(42,43)31(30)29(28)26-12-13-27(45-26)32(41)37-17-20-6-10-22(35)23(36)15-20/h4-6,8-10,12-13,15-16,25H,2-3,7,11,14,17H2,1H3,(H,37,41)/t25-/m1/s1. The van der Waals surface area contributed by atoms with Crippen molar-refractivity contribution in [1.82, 2.24) is 19.6 Å². The normalized spacial score (nSPS) is 16.8. The first-order valence-corrected chi connectivity index (χ1v) is 16.9. The number of amides is 1. The Balaban J connectivity index is 1.33. The molecule has 1 N–H and O–H groups in total. The smallest absolute Gasteiger partial charge is 0.261 e. The summed E-state index contributed by atoms with van der Waals surface area (Å²) in [7, 11) is -3.94. The van der Waals surface area contributed by atoms with E-state index < -0.39 is 33.6 Å². The fraction of sp³-hybridized carbons (Fsp3) is 0.242. The summed E-state index contributed by atoms with van der Waals surface area (Å²) in [6.45, 7) is 2.08. The highest BCUT2D eigenvalue weighted by Gasteiger charge is 2.49. The van der Waals surface area contributed by atoms with Gasteiger partial charge < -0.3 is 9.73 Å². The predicted molar refractivity (Wildman–Crippen MR) is 165 cm³/mol. The third kappa shape index (κ3) is 5.41. The molecule has 8 nitrogen and oxygen atoms in total. The highest BCUT2D eigenvalue weighted by Crippen LogP contribution is 2.52. The van der Waals surface area contributed by atoms with Gasteiger partial charge in [0.15, 0.2) is 11.6 Å². The molecule has 0 aliphatic carbocycles. The molecule has 3 aromatic heterocycles. The Labute approximate surface area is 267 Å². The van der Waals surface area contributed by atoms with Crippen LogP contribution in [0.3, 0.4) is 0 Å². The average molecular weight is 665 g/mol. The molecule has 0 unspecified atom stereocenters. The molecule has 0 saturated carbocycles. The number of aryl methyl sites for hydroxylation is 3. The van der Waals surface area contributed by atoms with Crippen LogP contribution in [0.15, 0.2) is 70.1 Å². The van der Waals surface area contributed by atoms with E-state index in [1.54, 1.807) is 37.4 Å². The number of halogens is 3. The second kappa shape index (κ2) is 11.8. The van der Waals surface area contributed by atoms with Gasteiger partial charge in [-0.1, -0.05) is 18.2 Å². The number of sulfonamides is 1. The number of oxazole rings is 1. The highest BCUT2D eigenvalue weighted by atomic mass is 32.2. The van der Waals surface area contributed by atoms with E-state index in [2.05, 4.69) is 10.3 Å². The number of benzene rings is 2. The minimum atomic E-state index is -3.94. The molecule has 236 valence electrons. The second-order valence-electron chi connectivity index (χ2n) is 11.3. The maximum atomic E-state index is 14.1. The summed E-state index contributed by atoms with van der Waals surface area (Å²) in [5.74, 6) is -2.06. The van der Waals surface area contributed by atoms with Gasteiger partial charge in [-0.25, -0.2) is 26.6 Å². The van der Waals surface area contributed by atoms with E-state index in [0.29, 0.717) is 75.8 Å². The van der Waals surface area contributed by atoms with Crippen molar-refractivity contribution in [1.29, 1.82) is 0 Å². The van der Waals surface area contributed by atoms with Gasteiger partial charge in [0.1, 0.15) is 16.5 Å². The number of hydrogen-bond donors (Lipinski definition) is 1. The van der Waals surface area contributed by atoms with Gasteiger partial charge in [-0.2, -0.15) is 4.31 Å². The van der Waals surface area contributed by atoms with E-state index in [1.165, 1.54) is 22.5 Å². The largest absolute Gasteiger partial charge is 0.441 e. The van der Waals surface area contributed by atoms with Crippen molar-refractivity contribution in [3.05, 3.63) is 111 Å². The molecule has 5 aromatic rings. The summed E-state index contributed by atoms with van der Waals surface area (Å²) in [5, 5.41) is 2.72. The Morgan fingerprint density at radius 2 is 1.80 bits per heavy atom. The number of nitrogens with one attached hydrogen (secondary N) is 1. The van der Waals surface area contributed by atoms with Crippen molar-refractivity contribution in [2.45, 2.75) is 50.1 Å². The lowest BCUT2D eigenvalue weighted by molar-refractivity contribution is 0.0955. The van der Waals surface area contributed by atoms with Gasteiger partial charge in [-0.15, -0.1) is 11.3 Å². The number of aromatic nitrogens is 2. The number of hydrogen-bond acceptors (Lipinski definition) is 7. The van der Waals surface area contributed by atoms with E-state index in [4.69, 9.17) is 9.40 Å². The number of fused-ring (bicyclic) bond motifs is 3. The quantitative estimate of drug-likeness (QED) is 0.197. The number of rotatable bonds is 8. The first-order chi connectivity index (χ1) is 22.1. The van der Waals surface area contributed by atoms with E-state index >= 15 is 0 Å². The minimum Gasteiger partial charge on any atom is -0.441 e. The van der Waals surface area contributed by atoms with E-state index in [-0.39, 0.29) is 23.1 Å². The molecule has 1 saturated heterocycles. The van der Waals surface area contributed by atoms with Crippen LogP contribution in [0.5, 0.6) is 0 Å². The molecule has 2 aliphatic heterocycles. The third-order valence-electron chi connectivity index (χ3n) is 8.25. The lowest BCUT2D eigenvalue weighted by atomic mass is 9.96. The molecule has 13 heteroatoms. The summed E-state index contributed by atoms with van der Waals surface area (Å²) in [5.41, 5.74) is 3.11. The molecule has 5 heterocycles. The van der Waals surface area contributed by atoms with E-state index in [1.807, 2.05) is 0 Å². The lowest BCUT2D eigenvalue weighted by Crippen LogP contribution is -2.23. The van der Waals surface area contributed by atoms with Crippen molar-refractivity contribution in [3.63, 3.8) is 0 Å². The van der Waals surface area contributed by atoms with Gasteiger partial charge in [0.2, 0.25) is 15.9 Å². The topological polar surface area (TPSA) is 105 Å². The van der Waals surface area contributed by atoms with E-state index in [9.17, 15) is 26.4 Å². The van der Waals surface area contributed by atoms with Crippen molar-refractivity contribution in [3.8, 4) is 21.9 Å². The molecule has 1 atom stereocenters. The Hall–Kier alpha value is -4.33. The number of pyridine rings is 1. The summed E-state index contributed by atoms with van der Waals surface area (Å²) in [6.07, 6.45) is 3.79. The Bertz CT molecular complexity index is 2090. The van der Waals surface area contributed by atoms with Crippen LogP contribution in [0.25, 0.3) is 21.9 Å². The highest BCUT2D eigenvalue weighted by molar-refractivity contribution is 7.89. The van der Waals surface area contributed by atoms with Gasteiger partial charge >= 0.3 is 0 Å². The second-order valence-corrected chi connectivity index (χ2v) is 14.2. The van der Waals surface area contributed by atoms with Crippen LogP contribution in [0, 0.1) is 24.4 Å². The van der Waals surface area contributed by atoms with Crippen molar-refractivity contribution >= 4 is 27.3 Å². The zero-order valence-corrected chi connectivity index (χ0v) is 26.2. The molecule has 0 radical (unpaired) electrons. The van der Waals surface area contributed by atoms with Crippen LogP contribution >= 0.6 is 11.3 Å². The molecule has 2 aliphatic rings. The first kappa shape index (κ1) is 30.3. The molecule has 0 bridgehead atoms. The molecule has 1 fully saturated rings. The molecule has 7 rings (SSSR count). The lowest BCUT2D eigenvalue weighted by Gasteiger charge is -2.16. The monoisotopic (exact) mass is 664 g/mol. The van der Waals surface area contributed by atoms with Crippen molar-refractivity contribution in [2.75, 3.05) is 6.54 Å². The predicted octanol–water partition coefficient (Wildman–Crippen LogP) is 6.75. The molecule has 46 heavy (non-hydrogen) atoms. The number of nitrogens with zero attached hydrogens (tertiary/aromatic N) is 3.